The molecule has 0 aromatic heterocycles. The Morgan fingerprint density at radius 3 is 2.27 bits per heavy atom. The number of rotatable bonds is 3. The SMILES string of the molecule is Cc1cc(C)c(C2C(=O)C/C(=C\C3CCN(S(C)(=O)=O)C3)C2=O)c(C)c1. The standard InChI is InChI=1S/C20H25NO4S/c1-12-7-13(2)18(14(3)8-12)19-17(22)10-16(20(19)23)9-15-5-6-21(11-15)26(4,24)25/h7-9,15,19H,5-6,10-11H2,1-4H3/b16-9+. The van der Waals surface area contributed by atoms with Gasteiger partial charge in [-0.05, 0) is 55.4 Å². The first-order valence-corrected chi connectivity index (χ1v) is 10.7. The molecule has 6 heteroatoms. The second kappa shape index (κ2) is 6.74. The summed E-state index contributed by atoms with van der Waals surface area (Å²) in [6.07, 6.45) is 3.87. The van der Waals surface area contributed by atoms with Gasteiger partial charge in [-0.3, -0.25) is 9.59 Å². The van der Waals surface area contributed by atoms with Gasteiger partial charge >= 0.3 is 0 Å². The van der Waals surface area contributed by atoms with Crippen LogP contribution >= 0.6 is 0 Å². The van der Waals surface area contributed by atoms with Gasteiger partial charge < -0.3 is 0 Å². The predicted molar refractivity (Wildman–Crippen MR) is 101 cm³/mol. The number of ketones is 2. The van der Waals surface area contributed by atoms with Crippen molar-refractivity contribution in [3.63, 3.8) is 0 Å². The lowest BCUT2D eigenvalue weighted by molar-refractivity contribution is -0.123. The number of carbonyl (C=O) groups is 2. The first kappa shape index (κ1) is 19.0. The molecular formula is C20H25NO4S. The average molecular weight is 375 g/mol. The number of hydrogen-bond donors (Lipinski definition) is 0. The average Bonchev–Trinajstić information content (AvgIpc) is 3.07. The fourth-order valence-electron chi connectivity index (χ4n) is 4.26. The molecule has 2 aliphatic rings. The zero-order valence-corrected chi connectivity index (χ0v) is 16.5. The highest BCUT2D eigenvalue weighted by atomic mass is 32.2. The van der Waals surface area contributed by atoms with Crippen molar-refractivity contribution in [1.29, 1.82) is 0 Å². The molecule has 2 fully saturated rings. The summed E-state index contributed by atoms with van der Waals surface area (Å²) >= 11 is 0. The van der Waals surface area contributed by atoms with Gasteiger partial charge in [-0.2, -0.15) is 0 Å². The quantitative estimate of drug-likeness (QED) is 0.601. The summed E-state index contributed by atoms with van der Waals surface area (Å²) in [6.45, 7) is 6.74. The number of benzene rings is 1. The molecule has 1 aromatic rings. The molecular weight excluding hydrogens is 350 g/mol. The van der Waals surface area contributed by atoms with E-state index < -0.39 is 15.9 Å². The number of carbonyl (C=O) groups excluding carboxylic acids is 2. The van der Waals surface area contributed by atoms with Gasteiger partial charge in [-0.1, -0.05) is 23.8 Å². The number of Topliss-reactive ketones (excluding diaryl/α,β-unsaturated/α-hetero) is 2. The van der Waals surface area contributed by atoms with Crippen LogP contribution in [0.4, 0.5) is 0 Å². The van der Waals surface area contributed by atoms with Crippen LogP contribution in [0.5, 0.6) is 0 Å². The normalized spacial score (nSPS) is 26.2. The van der Waals surface area contributed by atoms with Crippen molar-refractivity contribution in [2.75, 3.05) is 19.3 Å². The summed E-state index contributed by atoms with van der Waals surface area (Å²) in [7, 11) is -3.21. The fraction of sp³-hybridized carbons (Fsp3) is 0.500. The van der Waals surface area contributed by atoms with Crippen molar-refractivity contribution >= 4 is 21.6 Å². The monoisotopic (exact) mass is 375 g/mol. The van der Waals surface area contributed by atoms with Crippen molar-refractivity contribution in [2.24, 2.45) is 5.92 Å². The highest BCUT2D eigenvalue weighted by molar-refractivity contribution is 7.88. The molecule has 1 saturated carbocycles. The largest absolute Gasteiger partial charge is 0.298 e. The van der Waals surface area contributed by atoms with E-state index in [2.05, 4.69) is 0 Å². The van der Waals surface area contributed by atoms with Crippen LogP contribution in [0, 0.1) is 26.7 Å². The smallest absolute Gasteiger partial charge is 0.211 e. The van der Waals surface area contributed by atoms with Crippen molar-refractivity contribution in [3.05, 3.63) is 46.0 Å². The molecule has 0 bridgehead atoms. The molecule has 2 unspecified atom stereocenters. The van der Waals surface area contributed by atoms with E-state index in [0.717, 1.165) is 22.3 Å². The summed E-state index contributed by atoms with van der Waals surface area (Å²) in [5.41, 5.74) is 4.43. The summed E-state index contributed by atoms with van der Waals surface area (Å²) in [4.78, 5) is 25.6. The summed E-state index contributed by atoms with van der Waals surface area (Å²) in [5, 5.41) is 0. The second-order valence-corrected chi connectivity index (χ2v) is 9.60. The number of hydrogen-bond acceptors (Lipinski definition) is 4. The Morgan fingerprint density at radius 2 is 1.73 bits per heavy atom. The lowest BCUT2D eigenvalue weighted by Crippen LogP contribution is -2.27. The molecule has 2 atom stereocenters. The molecule has 1 aliphatic heterocycles. The Morgan fingerprint density at radius 1 is 1.12 bits per heavy atom. The molecule has 3 rings (SSSR count). The molecule has 0 spiro atoms. The minimum atomic E-state index is -3.21. The van der Waals surface area contributed by atoms with E-state index >= 15 is 0 Å². The zero-order valence-electron chi connectivity index (χ0n) is 15.7. The molecule has 0 radical (unpaired) electrons. The van der Waals surface area contributed by atoms with Crippen LogP contribution in [0.15, 0.2) is 23.8 Å². The Bertz CT molecular complexity index is 891. The number of aryl methyl sites for hydroxylation is 3. The van der Waals surface area contributed by atoms with Crippen LogP contribution in [0.1, 0.15) is 41.0 Å². The summed E-state index contributed by atoms with van der Waals surface area (Å²) < 4.78 is 24.7. The lowest BCUT2D eigenvalue weighted by atomic mass is 9.87. The zero-order chi connectivity index (χ0) is 19.2. The third kappa shape index (κ3) is 3.53. The van der Waals surface area contributed by atoms with Gasteiger partial charge in [0.05, 0.1) is 6.26 Å². The first-order valence-electron chi connectivity index (χ1n) is 8.88. The van der Waals surface area contributed by atoms with E-state index in [0.29, 0.717) is 25.1 Å². The Hall–Kier alpha value is -1.79. The van der Waals surface area contributed by atoms with Crippen LogP contribution in [0.2, 0.25) is 0 Å². The Balaban J connectivity index is 1.87. The number of sulfonamides is 1. The third-order valence-electron chi connectivity index (χ3n) is 5.39. The number of nitrogens with zero attached hydrogens (tertiary/aromatic N) is 1. The van der Waals surface area contributed by atoms with Crippen molar-refractivity contribution in [2.45, 2.75) is 39.5 Å². The van der Waals surface area contributed by atoms with Crippen molar-refractivity contribution < 1.29 is 18.0 Å². The Kier molecular flexibility index (Phi) is 4.92. The van der Waals surface area contributed by atoms with E-state index in [1.165, 1.54) is 10.6 Å². The first-order chi connectivity index (χ1) is 12.1. The molecule has 5 nitrogen and oxygen atoms in total. The third-order valence-corrected chi connectivity index (χ3v) is 6.66. The van der Waals surface area contributed by atoms with Crippen molar-refractivity contribution in [1.82, 2.24) is 4.31 Å². The van der Waals surface area contributed by atoms with E-state index in [4.69, 9.17) is 0 Å². The Labute approximate surface area is 155 Å². The molecule has 140 valence electrons. The summed E-state index contributed by atoms with van der Waals surface area (Å²) in [5.74, 6) is -0.901. The summed E-state index contributed by atoms with van der Waals surface area (Å²) in [6, 6.07) is 4.01. The van der Waals surface area contributed by atoms with Gasteiger partial charge in [0, 0.05) is 19.5 Å². The van der Waals surface area contributed by atoms with E-state index in [-0.39, 0.29) is 23.9 Å². The second-order valence-electron chi connectivity index (χ2n) is 7.61. The maximum Gasteiger partial charge on any atom is 0.211 e. The molecule has 26 heavy (non-hydrogen) atoms. The van der Waals surface area contributed by atoms with E-state index in [9.17, 15) is 18.0 Å². The number of allylic oxidation sites excluding steroid dienone is 1. The molecule has 1 heterocycles. The topological polar surface area (TPSA) is 71.5 Å². The van der Waals surface area contributed by atoms with Gasteiger partial charge in [0.15, 0.2) is 11.6 Å². The molecule has 1 aromatic carbocycles. The molecule has 1 aliphatic carbocycles. The van der Waals surface area contributed by atoms with Gasteiger partial charge in [0.2, 0.25) is 10.0 Å². The van der Waals surface area contributed by atoms with Gasteiger partial charge in [0.25, 0.3) is 0 Å². The minimum Gasteiger partial charge on any atom is -0.298 e. The van der Waals surface area contributed by atoms with Gasteiger partial charge in [-0.25, -0.2) is 12.7 Å². The van der Waals surface area contributed by atoms with E-state index in [1.54, 1.807) is 0 Å². The highest BCUT2D eigenvalue weighted by Gasteiger charge is 2.40. The maximum absolute atomic E-state index is 13.0. The van der Waals surface area contributed by atoms with Crippen LogP contribution in [-0.4, -0.2) is 43.6 Å². The van der Waals surface area contributed by atoms with E-state index in [1.807, 2.05) is 39.0 Å². The lowest BCUT2D eigenvalue weighted by Gasteiger charge is -2.15. The molecule has 0 amide bonds. The molecule has 0 N–H and O–H groups in total. The van der Waals surface area contributed by atoms with Crippen LogP contribution in [0.25, 0.3) is 0 Å². The van der Waals surface area contributed by atoms with Crippen LogP contribution in [0.3, 0.4) is 0 Å². The highest BCUT2D eigenvalue weighted by Crippen LogP contribution is 2.37. The fourth-order valence-corrected chi connectivity index (χ4v) is 5.16. The minimum absolute atomic E-state index is 0.00423. The molecule has 1 saturated heterocycles. The van der Waals surface area contributed by atoms with Gasteiger partial charge in [-0.15, -0.1) is 0 Å². The maximum atomic E-state index is 13.0. The van der Waals surface area contributed by atoms with Crippen LogP contribution < -0.4 is 0 Å². The van der Waals surface area contributed by atoms with Crippen LogP contribution in [-0.2, 0) is 19.6 Å². The van der Waals surface area contributed by atoms with Crippen molar-refractivity contribution in [3.8, 4) is 0 Å². The van der Waals surface area contributed by atoms with Gasteiger partial charge in [0.1, 0.15) is 5.92 Å². The predicted octanol–water partition coefficient (Wildman–Crippen LogP) is 2.45.